The molecule has 0 spiro atoms. The first-order chi connectivity index (χ1) is 10.3. The van der Waals surface area contributed by atoms with E-state index in [1.807, 2.05) is 19.2 Å². The topological polar surface area (TPSA) is 87.7 Å². The van der Waals surface area contributed by atoms with E-state index in [0.717, 1.165) is 24.6 Å². The van der Waals surface area contributed by atoms with Gasteiger partial charge in [0.2, 0.25) is 5.95 Å². The second-order valence-corrected chi connectivity index (χ2v) is 5.01. The molecule has 3 rings (SSSR count). The number of hydrogen-bond acceptors (Lipinski definition) is 7. The van der Waals surface area contributed by atoms with Crippen molar-refractivity contribution in [1.82, 2.24) is 25.3 Å². The Bertz CT molecular complexity index is 595. The van der Waals surface area contributed by atoms with E-state index >= 15 is 0 Å². The van der Waals surface area contributed by atoms with Crippen molar-refractivity contribution in [2.75, 3.05) is 30.8 Å². The van der Waals surface area contributed by atoms with E-state index in [2.05, 4.69) is 35.9 Å². The van der Waals surface area contributed by atoms with Crippen LogP contribution in [0.25, 0.3) is 0 Å². The molecule has 0 bridgehead atoms. The Hall–Kier alpha value is -2.28. The Morgan fingerprint density at radius 1 is 1.24 bits per heavy atom. The van der Waals surface area contributed by atoms with Crippen molar-refractivity contribution < 1.29 is 0 Å². The third kappa shape index (κ3) is 3.43. The standard InChI is InChI=1S/C14H19N7/c1-15-12-7-13(19-9-18-12)21-14-17-6-4-11(20-14)10-3-2-5-16-8-10/h4,6-7,9-10,16H,2-3,5,8H2,1H3,(H2,15,17,18,19,20,21). The summed E-state index contributed by atoms with van der Waals surface area (Å²) in [6.45, 7) is 2.08. The summed E-state index contributed by atoms with van der Waals surface area (Å²) in [5.74, 6) is 2.45. The Morgan fingerprint density at radius 3 is 2.95 bits per heavy atom. The average Bonchev–Trinajstić information content (AvgIpc) is 2.56. The van der Waals surface area contributed by atoms with Crippen LogP contribution in [0.2, 0.25) is 0 Å². The van der Waals surface area contributed by atoms with Crippen LogP contribution in [0.1, 0.15) is 24.5 Å². The predicted molar refractivity (Wildman–Crippen MR) is 81.7 cm³/mol. The lowest BCUT2D eigenvalue weighted by molar-refractivity contribution is 0.454. The van der Waals surface area contributed by atoms with Crippen LogP contribution in [0.3, 0.4) is 0 Å². The van der Waals surface area contributed by atoms with Gasteiger partial charge >= 0.3 is 0 Å². The van der Waals surface area contributed by atoms with E-state index in [1.54, 1.807) is 6.20 Å². The van der Waals surface area contributed by atoms with Gasteiger partial charge in [-0.25, -0.2) is 19.9 Å². The fourth-order valence-electron chi connectivity index (χ4n) is 2.44. The molecule has 1 aliphatic rings. The molecule has 7 heteroatoms. The minimum absolute atomic E-state index is 0.459. The molecule has 1 aliphatic heterocycles. The number of hydrogen-bond donors (Lipinski definition) is 3. The van der Waals surface area contributed by atoms with Crippen molar-refractivity contribution in [3.05, 3.63) is 30.4 Å². The van der Waals surface area contributed by atoms with Gasteiger partial charge in [-0.1, -0.05) is 0 Å². The number of anilines is 3. The molecule has 1 saturated heterocycles. The largest absolute Gasteiger partial charge is 0.373 e. The van der Waals surface area contributed by atoms with Crippen molar-refractivity contribution in [1.29, 1.82) is 0 Å². The fourth-order valence-corrected chi connectivity index (χ4v) is 2.44. The lowest BCUT2D eigenvalue weighted by atomic mass is 9.96. The highest BCUT2D eigenvalue weighted by Crippen LogP contribution is 2.22. The quantitative estimate of drug-likeness (QED) is 0.785. The predicted octanol–water partition coefficient (Wildman–Crippen LogP) is 1.52. The molecule has 2 aromatic rings. The van der Waals surface area contributed by atoms with Gasteiger partial charge in [0.05, 0.1) is 5.69 Å². The summed E-state index contributed by atoms with van der Waals surface area (Å²) in [6, 6.07) is 3.81. The van der Waals surface area contributed by atoms with Crippen LogP contribution in [0, 0.1) is 0 Å². The van der Waals surface area contributed by atoms with Gasteiger partial charge in [-0.15, -0.1) is 0 Å². The maximum absolute atomic E-state index is 4.60. The molecule has 21 heavy (non-hydrogen) atoms. The molecule has 110 valence electrons. The van der Waals surface area contributed by atoms with Crippen molar-refractivity contribution in [3.63, 3.8) is 0 Å². The van der Waals surface area contributed by atoms with E-state index in [4.69, 9.17) is 0 Å². The van der Waals surface area contributed by atoms with E-state index in [1.165, 1.54) is 19.2 Å². The van der Waals surface area contributed by atoms with Gasteiger partial charge in [0, 0.05) is 31.8 Å². The fraction of sp³-hybridized carbons (Fsp3) is 0.429. The number of nitrogens with zero attached hydrogens (tertiary/aromatic N) is 4. The van der Waals surface area contributed by atoms with E-state index in [-0.39, 0.29) is 0 Å². The first kappa shape index (κ1) is 13.7. The highest BCUT2D eigenvalue weighted by atomic mass is 15.2. The summed E-state index contributed by atoms with van der Waals surface area (Å²) >= 11 is 0. The van der Waals surface area contributed by atoms with Gasteiger partial charge in [-0.2, -0.15) is 0 Å². The average molecular weight is 285 g/mol. The van der Waals surface area contributed by atoms with Crippen LogP contribution in [0.4, 0.5) is 17.6 Å². The highest BCUT2D eigenvalue weighted by Gasteiger charge is 2.16. The number of piperidine rings is 1. The van der Waals surface area contributed by atoms with E-state index in [0.29, 0.717) is 17.7 Å². The first-order valence-electron chi connectivity index (χ1n) is 7.15. The number of aromatic nitrogens is 4. The van der Waals surface area contributed by atoms with Crippen LogP contribution in [0.5, 0.6) is 0 Å². The van der Waals surface area contributed by atoms with Crippen molar-refractivity contribution in [3.8, 4) is 0 Å². The van der Waals surface area contributed by atoms with Gasteiger partial charge in [-0.05, 0) is 25.5 Å². The monoisotopic (exact) mass is 285 g/mol. The molecule has 3 heterocycles. The van der Waals surface area contributed by atoms with Gasteiger partial charge in [0.15, 0.2) is 0 Å². The molecule has 0 radical (unpaired) electrons. The smallest absolute Gasteiger partial charge is 0.228 e. The summed E-state index contributed by atoms with van der Waals surface area (Å²) in [7, 11) is 1.82. The van der Waals surface area contributed by atoms with Gasteiger partial charge < -0.3 is 16.0 Å². The second kappa shape index (κ2) is 6.45. The third-order valence-electron chi connectivity index (χ3n) is 3.56. The Kier molecular flexibility index (Phi) is 4.20. The lowest BCUT2D eigenvalue weighted by Crippen LogP contribution is -2.28. The van der Waals surface area contributed by atoms with Crippen molar-refractivity contribution in [2.45, 2.75) is 18.8 Å². The van der Waals surface area contributed by atoms with Gasteiger partial charge in [-0.3, -0.25) is 0 Å². The second-order valence-electron chi connectivity index (χ2n) is 5.01. The lowest BCUT2D eigenvalue weighted by Gasteiger charge is -2.22. The van der Waals surface area contributed by atoms with Crippen LogP contribution >= 0.6 is 0 Å². The molecule has 1 fully saturated rings. The maximum Gasteiger partial charge on any atom is 0.228 e. The van der Waals surface area contributed by atoms with Crippen molar-refractivity contribution >= 4 is 17.6 Å². The molecule has 1 atom stereocenters. The highest BCUT2D eigenvalue weighted by molar-refractivity contribution is 5.52. The molecular formula is C14H19N7. The summed E-state index contributed by atoms with van der Waals surface area (Å²) in [6.07, 6.45) is 5.65. The van der Waals surface area contributed by atoms with Crippen LogP contribution in [-0.2, 0) is 0 Å². The Labute approximate surface area is 123 Å². The van der Waals surface area contributed by atoms with Crippen LogP contribution in [0.15, 0.2) is 24.7 Å². The Balaban J connectivity index is 1.76. The zero-order valence-corrected chi connectivity index (χ0v) is 12.0. The van der Waals surface area contributed by atoms with Crippen molar-refractivity contribution in [2.24, 2.45) is 0 Å². The summed E-state index contributed by atoms with van der Waals surface area (Å²) in [5.41, 5.74) is 1.07. The molecule has 0 aliphatic carbocycles. The minimum atomic E-state index is 0.459. The molecule has 7 nitrogen and oxygen atoms in total. The summed E-state index contributed by atoms with van der Waals surface area (Å²) in [5, 5.41) is 9.51. The molecule has 0 saturated carbocycles. The van der Waals surface area contributed by atoms with Crippen LogP contribution < -0.4 is 16.0 Å². The molecule has 2 aromatic heterocycles. The third-order valence-corrected chi connectivity index (χ3v) is 3.56. The molecule has 3 N–H and O–H groups in total. The summed E-state index contributed by atoms with van der Waals surface area (Å²) < 4.78 is 0. The summed E-state index contributed by atoms with van der Waals surface area (Å²) in [4.78, 5) is 17.1. The zero-order chi connectivity index (χ0) is 14.5. The molecule has 1 unspecified atom stereocenters. The molecule has 0 amide bonds. The molecular weight excluding hydrogens is 266 g/mol. The first-order valence-corrected chi connectivity index (χ1v) is 7.15. The van der Waals surface area contributed by atoms with E-state index < -0.39 is 0 Å². The maximum atomic E-state index is 4.60. The SMILES string of the molecule is CNc1cc(Nc2nccc(C3CCCNC3)n2)ncn1. The zero-order valence-electron chi connectivity index (χ0n) is 12.0. The number of nitrogens with one attached hydrogen (secondary N) is 3. The number of rotatable bonds is 4. The minimum Gasteiger partial charge on any atom is -0.373 e. The van der Waals surface area contributed by atoms with E-state index in [9.17, 15) is 0 Å². The normalized spacial score (nSPS) is 18.2. The van der Waals surface area contributed by atoms with Crippen LogP contribution in [-0.4, -0.2) is 40.1 Å². The Morgan fingerprint density at radius 2 is 2.14 bits per heavy atom. The van der Waals surface area contributed by atoms with Gasteiger partial charge in [0.1, 0.15) is 18.0 Å². The van der Waals surface area contributed by atoms with Gasteiger partial charge in [0.25, 0.3) is 0 Å². The molecule has 0 aromatic carbocycles.